The van der Waals surface area contributed by atoms with Crippen LogP contribution in [0.15, 0.2) is 18.2 Å². The predicted octanol–water partition coefficient (Wildman–Crippen LogP) is 4.49. The molecule has 0 aliphatic rings. The van der Waals surface area contributed by atoms with Gasteiger partial charge in [-0.05, 0) is 44.5 Å². The van der Waals surface area contributed by atoms with Crippen LogP contribution in [0.5, 0.6) is 0 Å². The monoisotopic (exact) mass is 273 g/mol. The largest absolute Gasteiger partial charge is 0.416 e. The highest BCUT2D eigenvalue weighted by Gasteiger charge is 2.33. The van der Waals surface area contributed by atoms with Gasteiger partial charge in [0.15, 0.2) is 0 Å². The normalized spacial score (nSPS) is 12.5. The molecule has 4 heteroatoms. The Morgan fingerprint density at radius 1 is 1.21 bits per heavy atom. The average Bonchev–Trinajstić information content (AvgIpc) is 2.27. The number of alkyl halides is 3. The van der Waals surface area contributed by atoms with Crippen molar-refractivity contribution in [3.8, 4) is 0 Å². The van der Waals surface area contributed by atoms with E-state index in [0.29, 0.717) is 23.6 Å². The molecule has 0 saturated carbocycles. The fourth-order valence-electron chi connectivity index (χ4n) is 1.94. The Balaban J connectivity index is 2.83. The first kappa shape index (κ1) is 16.0. The summed E-state index contributed by atoms with van der Waals surface area (Å²) in [4.78, 5) is 1.94. The van der Waals surface area contributed by atoms with E-state index in [4.69, 9.17) is 0 Å². The molecular formula is C15H22F3N. The fraction of sp³-hybridized carbons (Fsp3) is 0.600. The molecule has 0 aromatic heterocycles. The number of halogens is 3. The van der Waals surface area contributed by atoms with E-state index in [0.717, 1.165) is 13.0 Å². The molecule has 0 unspecified atom stereocenters. The molecule has 1 rings (SSSR count). The number of hydrogen-bond donors (Lipinski definition) is 0. The second-order valence-corrected chi connectivity index (χ2v) is 5.58. The molecule has 108 valence electrons. The first-order valence-electron chi connectivity index (χ1n) is 6.55. The van der Waals surface area contributed by atoms with Crippen LogP contribution in [0.4, 0.5) is 13.2 Å². The molecule has 0 amide bonds. The smallest absolute Gasteiger partial charge is 0.302 e. The van der Waals surface area contributed by atoms with E-state index in [1.165, 1.54) is 6.07 Å². The summed E-state index contributed by atoms with van der Waals surface area (Å²) in [5.41, 5.74) is 0.481. The van der Waals surface area contributed by atoms with E-state index in [-0.39, 0.29) is 0 Å². The lowest BCUT2D eigenvalue weighted by molar-refractivity contribution is -0.138. The van der Waals surface area contributed by atoms with Gasteiger partial charge in [0.2, 0.25) is 0 Å². The molecule has 0 aliphatic heterocycles. The van der Waals surface area contributed by atoms with Crippen LogP contribution >= 0.6 is 0 Å². The molecule has 0 N–H and O–H groups in total. The van der Waals surface area contributed by atoms with Crippen LogP contribution in [-0.4, -0.2) is 18.5 Å². The zero-order valence-corrected chi connectivity index (χ0v) is 12.0. The van der Waals surface area contributed by atoms with Crippen LogP contribution in [0.25, 0.3) is 0 Å². The van der Waals surface area contributed by atoms with Crippen molar-refractivity contribution >= 4 is 0 Å². The summed E-state index contributed by atoms with van der Waals surface area (Å²) in [7, 11) is 1.86. The van der Waals surface area contributed by atoms with E-state index >= 15 is 0 Å². The average molecular weight is 273 g/mol. The molecule has 0 bridgehead atoms. The van der Waals surface area contributed by atoms with Crippen molar-refractivity contribution < 1.29 is 13.2 Å². The minimum absolute atomic E-state index is 0.335. The first-order valence-corrected chi connectivity index (χ1v) is 6.55. The standard InChI is InChI=1S/C15H22F3N/c1-11(2)7-8-19(4)10-13-6-5-12(3)9-14(13)15(16,17)18/h5-6,9,11H,7-8,10H2,1-4H3. The third-order valence-corrected chi connectivity index (χ3v) is 3.10. The van der Waals surface area contributed by atoms with Crippen LogP contribution in [0.3, 0.4) is 0 Å². The topological polar surface area (TPSA) is 3.24 Å². The van der Waals surface area contributed by atoms with Gasteiger partial charge in [-0.1, -0.05) is 31.5 Å². The SMILES string of the molecule is Cc1ccc(CN(C)CCC(C)C)c(C(F)(F)F)c1. The maximum atomic E-state index is 13.0. The Labute approximate surface area is 113 Å². The molecule has 1 nitrogen and oxygen atoms in total. The van der Waals surface area contributed by atoms with Gasteiger partial charge in [-0.15, -0.1) is 0 Å². The molecule has 0 atom stereocenters. The fourth-order valence-corrected chi connectivity index (χ4v) is 1.94. The number of benzene rings is 1. The number of rotatable bonds is 5. The summed E-state index contributed by atoms with van der Waals surface area (Å²) in [6.07, 6.45) is -3.29. The highest BCUT2D eigenvalue weighted by molar-refractivity contribution is 5.33. The number of hydrogen-bond acceptors (Lipinski definition) is 1. The van der Waals surface area contributed by atoms with Crippen LogP contribution < -0.4 is 0 Å². The van der Waals surface area contributed by atoms with E-state index < -0.39 is 11.7 Å². The van der Waals surface area contributed by atoms with Crippen molar-refractivity contribution in [2.75, 3.05) is 13.6 Å². The summed E-state index contributed by atoms with van der Waals surface area (Å²) >= 11 is 0. The third-order valence-electron chi connectivity index (χ3n) is 3.10. The summed E-state index contributed by atoms with van der Waals surface area (Å²) in [6, 6.07) is 4.55. The first-order chi connectivity index (χ1) is 8.70. The maximum Gasteiger partial charge on any atom is 0.416 e. The minimum Gasteiger partial charge on any atom is -0.302 e. The lowest BCUT2D eigenvalue weighted by Crippen LogP contribution is -2.22. The van der Waals surface area contributed by atoms with Crippen LogP contribution in [-0.2, 0) is 12.7 Å². The van der Waals surface area contributed by atoms with Crippen LogP contribution in [0.1, 0.15) is 37.0 Å². The molecule has 0 aliphatic carbocycles. The van der Waals surface area contributed by atoms with Gasteiger partial charge in [0.25, 0.3) is 0 Å². The molecule has 0 fully saturated rings. The molecule has 0 spiro atoms. The van der Waals surface area contributed by atoms with Gasteiger partial charge >= 0.3 is 6.18 Å². The van der Waals surface area contributed by atoms with E-state index in [1.807, 2.05) is 11.9 Å². The molecule has 19 heavy (non-hydrogen) atoms. The minimum atomic E-state index is -4.28. The van der Waals surface area contributed by atoms with Crippen LogP contribution in [0, 0.1) is 12.8 Å². The molecule has 0 saturated heterocycles. The lowest BCUT2D eigenvalue weighted by Gasteiger charge is -2.21. The summed E-state index contributed by atoms with van der Waals surface area (Å²) in [5.74, 6) is 0.558. The number of nitrogens with zero attached hydrogens (tertiary/aromatic N) is 1. The van der Waals surface area contributed by atoms with Gasteiger partial charge < -0.3 is 4.90 Å². The molecular weight excluding hydrogens is 251 g/mol. The Morgan fingerprint density at radius 2 is 1.84 bits per heavy atom. The second kappa shape index (κ2) is 6.42. The highest BCUT2D eigenvalue weighted by atomic mass is 19.4. The predicted molar refractivity (Wildman–Crippen MR) is 72.0 cm³/mol. The molecule has 0 heterocycles. The van der Waals surface area contributed by atoms with Gasteiger partial charge in [-0.25, -0.2) is 0 Å². The third kappa shape index (κ3) is 5.23. The maximum absolute atomic E-state index is 13.0. The lowest BCUT2D eigenvalue weighted by atomic mass is 10.0. The van der Waals surface area contributed by atoms with E-state index in [9.17, 15) is 13.2 Å². The van der Waals surface area contributed by atoms with Crippen LogP contribution in [0.2, 0.25) is 0 Å². The van der Waals surface area contributed by atoms with E-state index in [1.54, 1.807) is 19.1 Å². The molecule has 0 radical (unpaired) electrons. The quantitative estimate of drug-likeness (QED) is 0.764. The van der Waals surface area contributed by atoms with Gasteiger partial charge in [0.05, 0.1) is 5.56 Å². The van der Waals surface area contributed by atoms with Crippen molar-refractivity contribution in [1.82, 2.24) is 4.90 Å². The van der Waals surface area contributed by atoms with Crippen molar-refractivity contribution in [3.63, 3.8) is 0 Å². The van der Waals surface area contributed by atoms with Gasteiger partial charge in [-0.2, -0.15) is 13.2 Å². The summed E-state index contributed by atoms with van der Waals surface area (Å²) < 4.78 is 38.9. The van der Waals surface area contributed by atoms with Gasteiger partial charge in [-0.3, -0.25) is 0 Å². The number of aryl methyl sites for hydroxylation is 1. The van der Waals surface area contributed by atoms with Gasteiger partial charge in [0.1, 0.15) is 0 Å². The Hall–Kier alpha value is -1.03. The molecule has 1 aromatic carbocycles. The Kier molecular flexibility index (Phi) is 5.41. The summed E-state index contributed by atoms with van der Waals surface area (Å²) in [5, 5.41) is 0. The zero-order valence-electron chi connectivity index (χ0n) is 12.0. The Bertz CT molecular complexity index is 410. The second-order valence-electron chi connectivity index (χ2n) is 5.58. The highest BCUT2D eigenvalue weighted by Crippen LogP contribution is 2.33. The van der Waals surface area contributed by atoms with Crippen molar-refractivity contribution in [1.29, 1.82) is 0 Å². The zero-order chi connectivity index (χ0) is 14.6. The van der Waals surface area contributed by atoms with Crippen molar-refractivity contribution in [2.24, 2.45) is 5.92 Å². The molecule has 1 aromatic rings. The van der Waals surface area contributed by atoms with Crippen molar-refractivity contribution in [2.45, 2.75) is 39.9 Å². The van der Waals surface area contributed by atoms with Gasteiger partial charge in [0, 0.05) is 6.54 Å². The van der Waals surface area contributed by atoms with Crippen molar-refractivity contribution in [3.05, 3.63) is 34.9 Å². The Morgan fingerprint density at radius 3 is 2.37 bits per heavy atom. The van der Waals surface area contributed by atoms with E-state index in [2.05, 4.69) is 13.8 Å². The summed E-state index contributed by atoms with van der Waals surface area (Å²) in [6.45, 7) is 7.05.